The Balaban J connectivity index is 2.27. The van der Waals surface area contributed by atoms with Crippen LogP contribution >= 0.6 is 0 Å². The first-order chi connectivity index (χ1) is 8.35. The molecule has 0 radical (unpaired) electrons. The van der Waals surface area contributed by atoms with Gasteiger partial charge in [0, 0.05) is 18.5 Å². The van der Waals surface area contributed by atoms with Crippen molar-refractivity contribution in [1.29, 1.82) is 0 Å². The van der Waals surface area contributed by atoms with E-state index in [1.165, 1.54) is 5.39 Å². The van der Waals surface area contributed by atoms with Crippen molar-refractivity contribution in [1.82, 2.24) is 4.98 Å². The summed E-state index contributed by atoms with van der Waals surface area (Å²) in [6.07, 6.45) is 1.00. The summed E-state index contributed by atoms with van der Waals surface area (Å²) in [5.41, 5.74) is 6.61. The highest BCUT2D eigenvalue weighted by molar-refractivity contribution is 5.80. The summed E-state index contributed by atoms with van der Waals surface area (Å²) < 4.78 is 0. The van der Waals surface area contributed by atoms with Gasteiger partial charge in [-0.1, -0.05) is 18.2 Å². The molecule has 0 saturated heterocycles. The third-order valence-electron chi connectivity index (χ3n) is 2.92. The van der Waals surface area contributed by atoms with E-state index in [-0.39, 0.29) is 0 Å². The summed E-state index contributed by atoms with van der Waals surface area (Å²) in [5, 5.41) is 1.19. The molecule has 0 spiro atoms. The van der Waals surface area contributed by atoms with E-state index in [2.05, 4.69) is 41.1 Å². The number of anilines is 1. The summed E-state index contributed by atoms with van der Waals surface area (Å²) in [6.45, 7) is 4.81. The Hall–Kier alpha value is -1.61. The standard InChI is InChI=1S/C14H19N3/c1-2-17(11-5-10-15)14-9-8-12-6-3-4-7-13(12)16-14/h3-4,6-9H,2,5,10-11,15H2,1H3. The van der Waals surface area contributed by atoms with Crippen LogP contribution < -0.4 is 10.6 Å². The van der Waals surface area contributed by atoms with Crippen molar-refractivity contribution in [2.24, 2.45) is 5.73 Å². The van der Waals surface area contributed by atoms with Crippen molar-refractivity contribution in [3.05, 3.63) is 36.4 Å². The van der Waals surface area contributed by atoms with Gasteiger partial charge in [-0.3, -0.25) is 0 Å². The number of nitrogens with zero attached hydrogens (tertiary/aromatic N) is 2. The van der Waals surface area contributed by atoms with Gasteiger partial charge in [-0.05, 0) is 38.1 Å². The van der Waals surface area contributed by atoms with E-state index in [0.29, 0.717) is 0 Å². The van der Waals surface area contributed by atoms with Crippen molar-refractivity contribution >= 4 is 16.7 Å². The second kappa shape index (κ2) is 5.64. The van der Waals surface area contributed by atoms with Gasteiger partial charge in [0.2, 0.25) is 0 Å². The Morgan fingerprint density at radius 1 is 1.18 bits per heavy atom. The average molecular weight is 229 g/mol. The molecule has 17 heavy (non-hydrogen) atoms. The molecule has 0 amide bonds. The van der Waals surface area contributed by atoms with Crippen LogP contribution in [-0.2, 0) is 0 Å². The first kappa shape index (κ1) is 11.9. The van der Waals surface area contributed by atoms with Gasteiger partial charge in [0.05, 0.1) is 5.52 Å². The van der Waals surface area contributed by atoms with E-state index in [4.69, 9.17) is 5.73 Å². The van der Waals surface area contributed by atoms with Crippen LogP contribution in [0.5, 0.6) is 0 Å². The summed E-state index contributed by atoms with van der Waals surface area (Å²) in [6, 6.07) is 12.4. The van der Waals surface area contributed by atoms with Crippen LogP contribution in [-0.4, -0.2) is 24.6 Å². The van der Waals surface area contributed by atoms with Gasteiger partial charge in [-0.25, -0.2) is 4.98 Å². The molecule has 0 fully saturated rings. The van der Waals surface area contributed by atoms with E-state index in [0.717, 1.165) is 37.4 Å². The van der Waals surface area contributed by atoms with Gasteiger partial charge < -0.3 is 10.6 Å². The van der Waals surface area contributed by atoms with Crippen LogP contribution in [0.4, 0.5) is 5.82 Å². The number of aromatic nitrogens is 1. The third-order valence-corrected chi connectivity index (χ3v) is 2.92. The van der Waals surface area contributed by atoms with Gasteiger partial charge in [-0.15, -0.1) is 0 Å². The number of para-hydroxylation sites is 1. The van der Waals surface area contributed by atoms with Crippen molar-refractivity contribution in [2.45, 2.75) is 13.3 Å². The number of hydrogen-bond donors (Lipinski definition) is 1. The maximum absolute atomic E-state index is 5.55. The Morgan fingerprint density at radius 2 is 2.00 bits per heavy atom. The molecule has 0 atom stereocenters. The summed E-state index contributed by atoms with van der Waals surface area (Å²) in [5.74, 6) is 1.04. The van der Waals surface area contributed by atoms with Crippen LogP contribution in [0.1, 0.15) is 13.3 Å². The van der Waals surface area contributed by atoms with Crippen LogP contribution in [0.25, 0.3) is 10.9 Å². The Bertz CT molecular complexity index is 482. The number of benzene rings is 1. The molecule has 2 N–H and O–H groups in total. The maximum atomic E-state index is 5.55. The second-order valence-corrected chi connectivity index (χ2v) is 4.08. The Kier molecular flexibility index (Phi) is 3.94. The fourth-order valence-corrected chi connectivity index (χ4v) is 1.95. The lowest BCUT2D eigenvalue weighted by Crippen LogP contribution is -2.26. The van der Waals surface area contributed by atoms with E-state index >= 15 is 0 Å². The minimum Gasteiger partial charge on any atom is -0.357 e. The van der Waals surface area contributed by atoms with Crippen molar-refractivity contribution in [2.75, 3.05) is 24.5 Å². The van der Waals surface area contributed by atoms with Crippen LogP contribution in [0.3, 0.4) is 0 Å². The van der Waals surface area contributed by atoms with E-state index in [9.17, 15) is 0 Å². The smallest absolute Gasteiger partial charge is 0.129 e. The van der Waals surface area contributed by atoms with Gasteiger partial charge in [0.15, 0.2) is 0 Å². The SMILES string of the molecule is CCN(CCCN)c1ccc2ccccc2n1. The molecule has 1 aromatic carbocycles. The maximum Gasteiger partial charge on any atom is 0.129 e. The number of pyridine rings is 1. The highest BCUT2D eigenvalue weighted by Gasteiger charge is 2.05. The number of fused-ring (bicyclic) bond motifs is 1. The fraction of sp³-hybridized carbons (Fsp3) is 0.357. The number of hydrogen-bond acceptors (Lipinski definition) is 3. The minimum atomic E-state index is 0.726. The van der Waals surface area contributed by atoms with Crippen LogP contribution in [0.15, 0.2) is 36.4 Å². The Morgan fingerprint density at radius 3 is 2.76 bits per heavy atom. The molecule has 2 aromatic rings. The molecular formula is C14H19N3. The topological polar surface area (TPSA) is 42.1 Å². The molecule has 1 aromatic heterocycles. The second-order valence-electron chi connectivity index (χ2n) is 4.08. The molecule has 0 unspecified atom stereocenters. The average Bonchev–Trinajstić information content (AvgIpc) is 2.39. The van der Waals surface area contributed by atoms with Gasteiger partial charge >= 0.3 is 0 Å². The van der Waals surface area contributed by atoms with Crippen LogP contribution in [0, 0.1) is 0 Å². The fourth-order valence-electron chi connectivity index (χ4n) is 1.95. The zero-order valence-corrected chi connectivity index (χ0v) is 10.3. The molecule has 2 rings (SSSR count). The van der Waals surface area contributed by atoms with Crippen molar-refractivity contribution in [3.63, 3.8) is 0 Å². The predicted octanol–water partition coefficient (Wildman–Crippen LogP) is 2.41. The number of nitrogens with two attached hydrogens (primary N) is 1. The van der Waals surface area contributed by atoms with Crippen LogP contribution in [0.2, 0.25) is 0 Å². The lowest BCUT2D eigenvalue weighted by atomic mass is 10.2. The van der Waals surface area contributed by atoms with Crippen molar-refractivity contribution in [3.8, 4) is 0 Å². The van der Waals surface area contributed by atoms with E-state index in [1.807, 2.05) is 12.1 Å². The molecular weight excluding hydrogens is 210 g/mol. The third kappa shape index (κ3) is 2.74. The summed E-state index contributed by atoms with van der Waals surface area (Å²) in [7, 11) is 0. The zero-order valence-electron chi connectivity index (χ0n) is 10.3. The minimum absolute atomic E-state index is 0.726. The largest absolute Gasteiger partial charge is 0.357 e. The van der Waals surface area contributed by atoms with E-state index in [1.54, 1.807) is 0 Å². The molecule has 0 aliphatic carbocycles. The van der Waals surface area contributed by atoms with E-state index < -0.39 is 0 Å². The zero-order chi connectivity index (χ0) is 12.1. The van der Waals surface area contributed by atoms with Gasteiger partial charge in [0.25, 0.3) is 0 Å². The van der Waals surface area contributed by atoms with Gasteiger partial charge in [0.1, 0.15) is 5.82 Å². The van der Waals surface area contributed by atoms with Crippen molar-refractivity contribution < 1.29 is 0 Å². The molecule has 90 valence electrons. The molecule has 1 heterocycles. The first-order valence-corrected chi connectivity index (χ1v) is 6.16. The molecule has 3 heteroatoms. The lowest BCUT2D eigenvalue weighted by Gasteiger charge is -2.21. The summed E-state index contributed by atoms with van der Waals surface area (Å²) >= 11 is 0. The predicted molar refractivity (Wildman–Crippen MR) is 73.3 cm³/mol. The molecule has 0 aliphatic rings. The lowest BCUT2D eigenvalue weighted by molar-refractivity contribution is 0.746. The first-order valence-electron chi connectivity index (χ1n) is 6.16. The molecule has 0 aliphatic heterocycles. The normalized spacial score (nSPS) is 10.7. The Labute approximate surface area is 102 Å². The summed E-state index contributed by atoms with van der Waals surface area (Å²) in [4.78, 5) is 6.95. The van der Waals surface area contributed by atoms with Gasteiger partial charge in [-0.2, -0.15) is 0 Å². The quantitative estimate of drug-likeness (QED) is 0.856. The molecule has 0 saturated carbocycles. The molecule has 0 bridgehead atoms. The highest BCUT2D eigenvalue weighted by Crippen LogP contribution is 2.17. The number of rotatable bonds is 5. The molecule has 3 nitrogen and oxygen atoms in total. The monoisotopic (exact) mass is 229 g/mol. The highest BCUT2D eigenvalue weighted by atomic mass is 15.2.